The number of rotatable bonds is 8. The van der Waals surface area contributed by atoms with Crippen LogP contribution in [0.15, 0.2) is 89.8 Å². The molecule has 1 N–H and O–H groups in total. The number of hydrogen-bond acceptors (Lipinski definition) is 5. The molecule has 1 aliphatic rings. The van der Waals surface area contributed by atoms with Crippen LogP contribution >= 0.6 is 11.8 Å². The van der Waals surface area contributed by atoms with Gasteiger partial charge in [0, 0.05) is 31.9 Å². The van der Waals surface area contributed by atoms with E-state index in [0.717, 1.165) is 24.2 Å². The van der Waals surface area contributed by atoms with Crippen molar-refractivity contribution in [3.63, 3.8) is 0 Å². The summed E-state index contributed by atoms with van der Waals surface area (Å²) >= 11 is 1.56. The van der Waals surface area contributed by atoms with Crippen molar-refractivity contribution in [3.8, 4) is 0 Å². The van der Waals surface area contributed by atoms with Crippen LogP contribution in [0, 0.1) is 0 Å². The van der Waals surface area contributed by atoms with E-state index in [2.05, 4.69) is 34.5 Å². The van der Waals surface area contributed by atoms with Gasteiger partial charge in [0.15, 0.2) is 0 Å². The topological polar surface area (TPSA) is 69.7 Å². The lowest BCUT2D eigenvalue weighted by Crippen LogP contribution is -2.46. The number of hydrogen-bond donors (Lipinski definition) is 1. The molecular formula is C26H29N3O3S2. The molecule has 8 heteroatoms. The second kappa shape index (κ2) is 11.2. The number of carbonyl (C=O) groups excluding carboxylic acids is 1. The maximum atomic E-state index is 12.9. The van der Waals surface area contributed by atoms with Crippen LogP contribution in [-0.4, -0.2) is 62.5 Å². The van der Waals surface area contributed by atoms with E-state index in [9.17, 15) is 13.2 Å². The second-order valence-corrected chi connectivity index (χ2v) is 11.3. The number of carbonyl (C=O) groups is 1. The lowest BCUT2D eigenvalue weighted by atomic mass is 10.0. The van der Waals surface area contributed by atoms with Gasteiger partial charge in [0.05, 0.1) is 15.9 Å². The normalized spacial score (nSPS) is 15.4. The van der Waals surface area contributed by atoms with E-state index in [0.29, 0.717) is 18.8 Å². The summed E-state index contributed by atoms with van der Waals surface area (Å²) in [6.07, 6.45) is 0. The minimum atomic E-state index is -3.52. The number of nitrogens with one attached hydrogen (secondary N) is 1. The zero-order valence-electron chi connectivity index (χ0n) is 19.1. The SMILES string of the molecule is CN1CCN(S(=O)(=O)c2ccc(NC(=O)CSC(c3ccccc3)c3ccccc3)cc2)CC1. The standard InChI is InChI=1S/C26H29N3O3S2/c1-28-16-18-29(19-17-28)34(31,32)24-14-12-23(13-15-24)27-25(30)20-33-26(21-8-4-2-5-9-21)22-10-6-3-7-11-22/h2-15,26H,16-20H2,1H3,(H,27,30). The number of benzene rings is 3. The molecule has 0 aromatic heterocycles. The van der Waals surface area contributed by atoms with Crippen molar-refractivity contribution >= 4 is 33.4 Å². The molecule has 1 heterocycles. The fourth-order valence-electron chi connectivity index (χ4n) is 3.88. The van der Waals surface area contributed by atoms with Crippen molar-refractivity contribution in [2.24, 2.45) is 0 Å². The van der Waals surface area contributed by atoms with Gasteiger partial charge in [-0.2, -0.15) is 4.31 Å². The third-order valence-electron chi connectivity index (χ3n) is 5.82. The van der Waals surface area contributed by atoms with Crippen LogP contribution in [0.1, 0.15) is 16.4 Å². The molecule has 0 saturated carbocycles. The molecule has 0 unspecified atom stereocenters. The molecule has 34 heavy (non-hydrogen) atoms. The average molecular weight is 496 g/mol. The van der Waals surface area contributed by atoms with Gasteiger partial charge in [-0.1, -0.05) is 60.7 Å². The molecule has 0 aliphatic carbocycles. The van der Waals surface area contributed by atoms with E-state index < -0.39 is 10.0 Å². The maximum Gasteiger partial charge on any atom is 0.243 e. The van der Waals surface area contributed by atoms with Crippen molar-refractivity contribution in [2.75, 3.05) is 44.3 Å². The Morgan fingerprint density at radius 2 is 1.38 bits per heavy atom. The van der Waals surface area contributed by atoms with Crippen LogP contribution in [-0.2, 0) is 14.8 Å². The van der Waals surface area contributed by atoms with E-state index in [-0.39, 0.29) is 21.8 Å². The predicted molar refractivity (Wildman–Crippen MR) is 139 cm³/mol. The Labute approximate surface area is 206 Å². The molecule has 178 valence electrons. The second-order valence-electron chi connectivity index (χ2n) is 8.29. The van der Waals surface area contributed by atoms with Crippen molar-refractivity contribution in [1.29, 1.82) is 0 Å². The van der Waals surface area contributed by atoms with E-state index >= 15 is 0 Å². The molecule has 6 nitrogen and oxygen atoms in total. The number of nitrogens with zero attached hydrogens (tertiary/aromatic N) is 2. The van der Waals surface area contributed by atoms with Gasteiger partial charge in [0.1, 0.15) is 0 Å². The Balaban J connectivity index is 1.38. The van der Waals surface area contributed by atoms with Crippen LogP contribution < -0.4 is 5.32 Å². The molecule has 3 aromatic rings. The minimum absolute atomic E-state index is 0.0456. The summed E-state index contributed by atoms with van der Waals surface area (Å²) in [6.45, 7) is 2.41. The minimum Gasteiger partial charge on any atom is -0.325 e. The first-order valence-corrected chi connectivity index (χ1v) is 13.7. The van der Waals surface area contributed by atoms with Gasteiger partial charge in [-0.25, -0.2) is 8.42 Å². The number of amides is 1. The zero-order chi connectivity index (χ0) is 24.0. The summed E-state index contributed by atoms with van der Waals surface area (Å²) in [5, 5.41) is 2.93. The van der Waals surface area contributed by atoms with Gasteiger partial charge in [-0.05, 0) is 42.4 Å². The fraction of sp³-hybridized carbons (Fsp3) is 0.269. The summed E-state index contributed by atoms with van der Waals surface area (Å²) < 4.78 is 27.3. The molecule has 0 bridgehead atoms. The fourth-order valence-corrected chi connectivity index (χ4v) is 6.40. The van der Waals surface area contributed by atoms with E-state index in [1.54, 1.807) is 36.0 Å². The highest BCUT2D eigenvalue weighted by atomic mass is 32.2. The van der Waals surface area contributed by atoms with Gasteiger partial charge >= 0.3 is 0 Å². The van der Waals surface area contributed by atoms with Crippen LogP contribution in [0.5, 0.6) is 0 Å². The summed E-state index contributed by atoms with van der Waals surface area (Å²) in [5.74, 6) is 0.145. The molecule has 1 amide bonds. The third-order valence-corrected chi connectivity index (χ3v) is 9.04. The Morgan fingerprint density at radius 3 is 1.91 bits per heavy atom. The number of sulfonamides is 1. The number of anilines is 1. The monoisotopic (exact) mass is 495 g/mol. The van der Waals surface area contributed by atoms with Crippen LogP contribution in [0.25, 0.3) is 0 Å². The lowest BCUT2D eigenvalue weighted by Gasteiger charge is -2.31. The third kappa shape index (κ3) is 6.07. The first kappa shape index (κ1) is 24.5. The summed E-state index contributed by atoms with van der Waals surface area (Å²) in [7, 11) is -1.54. The highest BCUT2D eigenvalue weighted by Crippen LogP contribution is 2.35. The predicted octanol–water partition coefficient (Wildman–Crippen LogP) is 4.08. The molecule has 1 fully saturated rings. The van der Waals surface area contributed by atoms with Crippen molar-refractivity contribution in [1.82, 2.24) is 9.21 Å². The van der Waals surface area contributed by atoms with Crippen molar-refractivity contribution in [2.45, 2.75) is 10.1 Å². The summed E-state index contributed by atoms with van der Waals surface area (Å²) in [4.78, 5) is 15.0. The molecule has 0 radical (unpaired) electrons. The van der Waals surface area contributed by atoms with Crippen molar-refractivity contribution < 1.29 is 13.2 Å². The Kier molecular flexibility index (Phi) is 8.05. The molecule has 3 aromatic carbocycles. The largest absolute Gasteiger partial charge is 0.325 e. The van der Waals surface area contributed by atoms with Gasteiger partial charge < -0.3 is 10.2 Å². The highest BCUT2D eigenvalue weighted by Gasteiger charge is 2.27. The molecule has 1 saturated heterocycles. The Morgan fingerprint density at radius 1 is 0.853 bits per heavy atom. The van der Waals surface area contributed by atoms with Crippen molar-refractivity contribution in [3.05, 3.63) is 96.1 Å². The summed E-state index contributed by atoms with van der Waals surface area (Å²) in [6, 6.07) is 26.7. The smallest absolute Gasteiger partial charge is 0.243 e. The first-order valence-electron chi connectivity index (χ1n) is 11.2. The van der Waals surface area contributed by atoms with E-state index in [1.165, 1.54) is 4.31 Å². The maximum absolute atomic E-state index is 12.9. The Hall–Kier alpha value is -2.65. The number of thioether (sulfide) groups is 1. The van der Waals surface area contributed by atoms with Crippen LogP contribution in [0.3, 0.4) is 0 Å². The average Bonchev–Trinajstić information content (AvgIpc) is 2.86. The van der Waals surface area contributed by atoms with E-state index in [4.69, 9.17) is 0 Å². The highest BCUT2D eigenvalue weighted by molar-refractivity contribution is 8.00. The lowest BCUT2D eigenvalue weighted by molar-refractivity contribution is -0.113. The number of piperazine rings is 1. The van der Waals surface area contributed by atoms with Gasteiger partial charge in [-0.15, -0.1) is 11.8 Å². The van der Waals surface area contributed by atoms with Gasteiger partial charge in [0.2, 0.25) is 15.9 Å². The van der Waals surface area contributed by atoms with Gasteiger partial charge in [0.25, 0.3) is 0 Å². The van der Waals surface area contributed by atoms with E-state index in [1.807, 2.05) is 43.4 Å². The van der Waals surface area contributed by atoms with Crippen LogP contribution in [0.4, 0.5) is 5.69 Å². The summed E-state index contributed by atoms with van der Waals surface area (Å²) in [5.41, 5.74) is 2.87. The molecular weight excluding hydrogens is 466 g/mol. The molecule has 0 spiro atoms. The number of likely N-dealkylation sites (N-methyl/N-ethyl adjacent to an activating group) is 1. The quantitative estimate of drug-likeness (QED) is 0.510. The first-order chi connectivity index (χ1) is 16.4. The Bertz CT molecular complexity index is 1140. The van der Waals surface area contributed by atoms with Crippen LogP contribution in [0.2, 0.25) is 0 Å². The zero-order valence-corrected chi connectivity index (χ0v) is 20.8. The van der Waals surface area contributed by atoms with Gasteiger partial charge in [-0.3, -0.25) is 4.79 Å². The molecule has 0 atom stereocenters. The molecule has 4 rings (SSSR count). The molecule has 1 aliphatic heterocycles.